The van der Waals surface area contributed by atoms with Crippen LogP contribution < -0.4 is 26.0 Å². The maximum absolute atomic E-state index is 13.5. The van der Waals surface area contributed by atoms with Crippen LogP contribution in [0.5, 0.6) is 5.75 Å². The summed E-state index contributed by atoms with van der Waals surface area (Å²) in [5.41, 5.74) is 1.62. The lowest BCUT2D eigenvalue weighted by molar-refractivity contribution is -0.200. The van der Waals surface area contributed by atoms with E-state index in [1.165, 1.54) is 11.1 Å². The molecule has 0 aliphatic rings. The van der Waals surface area contributed by atoms with Crippen molar-refractivity contribution in [2.24, 2.45) is 5.92 Å². The second kappa shape index (κ2) is 20.9. The number of nitrogens with one attached hydrogen (secondary N) is 4. The number of carbonyl (C=O) groups is 5. The average Bonchev–Trinajstić information content (AvgIpc) is 3.62. The van der Waals surface area contributed by atoms with Crippen molar-refractivity contribution in [1.82, 2.24) is 26.3 Å². The number of hydrogen-bond acceptors (Lipinski definition) is 8. The van der Waals surface area contributed by atoms with Crippen molar-refractivity contribution in [3.05, 3.63) is 77.6 Å². The zero-order chi connectivity index (χ0) is 36.3. The largest absolute Gasteiger partial charge is 0.494 e. The Morgan fingerprint density at radius 1 is 0.900 bits per heavy atom. The lowest BCUT2D eigenvalue weighted by Gasteiger charge is -2.32. The van der Waals surface area contributed by atoms with Gasteiger partial charge >= 0.3 is 6.09 Å². The first-order valence-corrected chi connectivity index (χ1v) is 16.8. The molecule has 1 heterocycles. The van der Waals surface area contributed by atoms with Crippen molar-refractivity contribution in [3.8, 4) is 17.1 Å². The Bertz CT molecular complexity index is 1550. The third-order valence-electron chi connectivity index (χ3n) is 7.78. The van der Waals surface area contributed by atoms with Crippen LogP contribution in [0.4, 0.5) is 4.79 Å². The van der Waals surface area contributed by atoms with Crippen molar-refractivity contribution < 1.29 is 43.1 Å². The number of benzene rings is 2. The highest BCUT2D eigenvalue weighted by Crippen LogP contribution is 2.28. The number of nitrogens with zero attached hydrogens (tertiary/aromatic N) is 1. The first-order valence-electron chi connectivity index (χ1n) is 16.8. The van der Waals surface area contributed by atoms with Crippen LogP contribution in [-0.4, -0.2) is 72.8 Å². The molecule has 1 aromatic heterocycles. The Morgan fingerprint density at radius 2 is 1.66 bits per heavy atom. The summed E-state index contributed by atoms with van der Waals surface area (Å²) in [5, 5.41) is 20.2. The number of hydrogen-bond donors (Lipinski definition) is 5. The lowest BCUT2D eigenvalue weighted by Crippen LogP contribution is -2.48. The molecule has 270 valence electrons. The molecule has 0 aliphatic heterocycles. The molecule has 1 unspecified atom stereocenters. The Morgan fingerprint density at radius 3 is 2.34 bits per heavy atom. The molecule has 0 radical (unpaired) electrons. The molecule has 50 heavy (non-hydrogen) atoms. The van der Waals surface area contributed by atoms with E-state index in [9.17, 15) is 24.0 Å². The van der Waals surface area contributed by atoms with Crippen LogP contribution >= 0.6 is 0 Å². The molecular weight excluding hydrogens is 646 g/mol. The molecular formula is C36H47N5O9. The average molecular weight is 694 g/mol. The highest BCUT2D eigenvalue weighted by Gasteiger charge is 2.32. The minimum Gasteiger partial charge on any atom is -0.494 e. The van der Waals surface area contributed by atoms with Gasteiger partial charge in [-0.1, -0.05) is 63.4 Å². The summed E-state index contributed by atoms with van der Waals surface area (Å²) in [5.74, 6) is -1.23. The van der Waals surface area contributed by atoms with Crippen LogP contribution in [0.3, 0.4) is 0 Å². The summed E-state index contributed by atoms with van der Waals surface area (Å²) >= 11 is 0. The molecule has 2 aromatic carbocycles. The van der Waals surface area contributed by atoms with Crippen LogP contribution in [0, 0.1) is 5.92 Å². The van der Waals surface area contributed by atoms with E-state index < -0.39 is 29.9 Å². The third-order valence-corrected chi connectivity index (χ3v) is 7.78. The number of carboxylic acid groups (broad SMARTS) is 1. The van der Waals surface area contributed by atoms with Gasteiger partial charge in [-0.2, -0.15) is 0 Å². The molecule has 0 saturated carbocycles. The first-order chi connectivity index (χ1) is 24.2. The maximum Gasteiger partial charge on any atom is 0.404 e. The van der Waals surface area contributed by atoms with Crippen LogP contribution in [0.1, 0.15) is 79.4 Å². The topological polar surface area (TPSA) is 189 Å². The fraction of sp³-hybridized carbons (Fsp3) is 0.417. The zero-order valence-corrected chi connectivity index (χ0v) is 28.7. The van der Waals surface area contributed by atoms with Crippen LogP contribution in [-0.2, 0) is 21.0 Å². The molecule has 5 amide bonds. The van der Waals surface area contributed by atoms with Crippen molar-refractivity contribution in [2.75, 3.05) is 26.4 Å². The predicted octanol–water partition coefficient (Wildman–Crippen LogP) is 4.71. The number of furan rings is 1. The third kappa shape index (κ3) is 12.3. The summed E-state index contributed by atoms with van der Waals surface area (Å²) in [6, 6.07) is 16.8. The van der Waals surface area contributed by atoms with Gasteiger partial charge in [0, 0.05) is 24.2 Å². The molecule has 0 aliphatic carbocycles. The standard InChI is InChI=1S/C36H47N5O9/c1-4-7-9-14-29(30(5-2)41(24-42)49-22-25-12-10-8-11-13-25)34(44)39-23-40-35(45)32-16-15-31(50-32)26-19-27(21-28(20-26)48-6-3)33(43)37-17-18-38-36(46)47/h8,10-13,15-16,19-21,24,29-30,38H,4-7,9,14,17-18,22-23H2,1-3H3,(H,37,43)(H,39,44)(H,40,45)(H,46,47)/t29?,30-/m1/s1. The Labute approximate surface area is 291 Å². The minimum absolute atomic E-state index is 0.0193. The van der Waals surface area contributed by atoms with E-state index in [1.54, 1.807) is 31.2 Å². The van der Waals surface area contributed by atoms with Crippen molar-refractivity contribution in [1.29, 1.82) is 0 Å². The quantitative estimate of drug-likeness (QED) is 0.0430. The van der Waals surface area contributed by atoms with Gasteiger partial charge in [0.1, 0.15) is 18.1 Å². The molecule has 0 saturated heterocycles. The summed E-state index contributed by atoms with van der Waals surface area (Å²) in [6.45, 7) is 6.22. The van der Waals surface area contributed by atoms with Gasteiger partial charge in [-0.3, -0.25) is 24.0 Å². The van der Waals surface area contributed by atoms with Gasteiger partial charge in [0.05, 0.1) is 25.2 Å². The number of rotatable bonds is 22. The van der Waals surface area contributed by atoms with E-state index in [0.29, 0.717) is 42.9 Å². The van der Waals surface area contributed by atoms with Gasteiger partial charge in [-0.05, 0) is 55.7 Å². The summed E-state index contributed by atoms with van der Waals surface area (Å²) in [6.07, 6.45) is 3.10. The SMILES string of the molecule is CCCCCC(C(=O)NCNC(=O)c1ccc(-c2cc(OCC)cc(C(=O)NCCNC(=O)O)c2)o1)[C@@H](CC)N(C=O)OCc1ccccc1. The van der Waals surface area contributed by atoms with Crippen molar-refractivity contribution in [3.63, 3.8) is 0 Å². The molecule has 14 nitrogen and oxygen atoms in total. The second-order valence-corrected chi connectivity index (χ2v) is 11.4. The number of amides is 5. The number of ether oxygens (including phenoxy) is 1. The van der Waals surface area contributed by atoms with Gasteiger partial charge < -0.3 is 35.5 Å². The molecule has 3 aromatic rings. The first kappa shape index (κ1) is 39.1. The number of unbranched alkanes of at least 4 members (excludes halogenated alkanes) is 2. The summed E-state index contributed by atoms with van der Waals surface area (Å²) in [4.78, 5) is 67.8. The van der Waals surface area contributed by atoms with Gasteiger partial charge in [-0.15, -0.1) is 0 Å². The van der Waals surface area contributed by atoms with Crippen molar-refractivity contribution >= 4 is 30.2 Å². The maximum atomic E-state index is 13.5. The molecule has 0 fully saturated rings. The van der Waals surface area contributed by atoms with E-state index in [4.69, 9.17) is 19.1 Å². The van der Waals surface area contributed by atoms with E-state index in [0.717, 1.165) is 24.8 Å². The van der Waals surface area contributed by atoms with Crippen LogP contribution in [0.15, 0.2) is 65.1 Å². The Balaban J connectivity index is 1.65. The predicted molar refractivity (Wildman–Crippen MR) is 185 cm³/mol. The lowest BCUT2D eigenvalue weighted by atomic mass is 9.90. The van der Waals surface area contributed by atoms with E-state index >= 15 is 0 Å². The normalized spacial score (nSPS) is 11.9. The van der Waals surface area contributed by atoms with Gasteiger partial charge in [-0.25, -0.2) is 9.86 Å². The summed E-state index contributed by atoms with van der Waals surface area (Å²) < 4.78 is 11.4. The number of hydroxylamine groups is 2. The highest BCUT2D eigenvalue weighted by atomic mass is 16.7. The smallest absolute Gasteiger partial charge is 0.404 e. The van der Waals surface area contributed by atoms with Gasteiger partial charge in [0.15, 0.2) is 5.76 Å². The fourth-order valence-electron chi connectivity index (χ4n) is 5.30. The molecule has 3 rings (SSSR count). The molecule has 14 heteroatoms. The van der Waals surface area contributed by atoms with E-state index in [-0.39, 0.29) is 43.6 Å². The minimum atomic E-state index is -1.19. The van der Waals surface area contributed by atoms with Crippen LogP contribution in [0.25, 0.3) is 11.3 Å². The Hall–Kier alpha value is -5.37. The van der Waals surface area contributed by atoms with Crippen LogP contribution in [0.2, 0.25) is 0 Å². The van der Waals surface area contributed by atoms with E-state index in [1.807, 2.05) is 37.3 Å². The summed E-state index contributed by atoms with van der Waals surface area (Å²) in [7, 11) is 0. The molecule has 0 bridgehead atoms. The van der Waals surface area contributed by atoms with Crippen molar-refractivity contribution in [2.45, 2.75) is 65.5 Å². The monoisotopic (exact) mass is 693 g/mol. The van der Waals surface area contributed by atoms with E-state index in [2.05, 4.69) is 28.2 Å². The van der Waals surface area contributed by atoms with Gasteiger partial charge in [0.25, 0.3) is 11.8 Å². The number of carbonyl (C=O) groups excluding carboxylic acids is 4. The highest BCUT2D eigenvalue weighted by molar-refractivity contribution is 5.96. The zero-order valence-electron chi connectivity index (χ0n) is 28.7. The van der Waals surface area contributed by atoms with Gasteiger partial charge in [0.2, 0.25) is 12.3 Å². The Kier molecular flexibility index (Phi) is 16.3. The fourth-order valence-corrected chi connectivity index (χ4v) is 5.30. The molecule has 0 spiro atoms. The molecule has 2 atom stereocenters. The second-order valence-electron chi connectivity index (χ2n) is 11.4. The molecule has 5 N–H and O–H groups in total.